The molecule has 2 rings (SSSR count). The van der Waals surface area contributed by atoms with Gasteiger partial charge in [-0.3, -0.25) is 4.79 Å². The van der Waals surface area contributed by atoms with Crippen molar-refractivity contribution in [1.29, 1.82) is 0 Å². The number of aliphatic hydroxyl groups excluding tert-OH is 1. The van der Waals surface area contributed by atoms with E-state index in [1.807, 2.05) is 19.9 Å². The summed E-state index contributed by atoms with van der Waals surface area (Å²) in [5.74, 6) is -0.433. The zero-order valence-electron chi connectivity index (χ0n) is 12.3. The van der Waals surface area contributed by atoms with Crippen molar-refractivity contribution in [2.24, 2.45) is 0 Å². The molecule has 0 saturated carbocycles. The Morgan fingerprint density at radius 1 is 1.38 bits per heavy atom. The maximum absolute atomic E-state index is 13.7. The normalized spacial score (nSPS) is 11.3. The number of rotatable bonds is 6. The van der Waals surface area contributed by atoms with Gasteiger partial charge in [0.15, 0.2) is 0 Å². The summed E-state index contributed by atoms with van der Waals surface area (Å²) in [5, 5.41) is 9.69. The third-order valence-corrected chi connectivity index (χ3v) is 4.79. The lowest BCUT2D eigenvalue weighted by Gasteiger charge is -2.29. The summed E-state index contributed by atoms with van der Waals surface area (Å²) in [6, 6.07) is 6.57. The van der Waals surface area contributed by atoms with Crippen LogP contribution < -0.4 is 0 Å². The van der Waals surface area contributed by atoms with Crippen molar-refractivity contribution in [3.63, 3.8) is 0 Å². The van der Waals surface area contributed by atoms with Gasteiger partial charge in [0.2, 0.25) is 0 Å². The van der Waals surface area contributed by atoms with Crippen LogP contribution in [-0.2, 0) is 0 Å². The van der Waals surface area contributed by atoms with Gasteiger partial charge in [-0.1, -0.05) is 19.9 Å². The van der Waals surface area contributed by atoms with Crippen molar-refractivity contribution in [2.45, 2.75) is 32.7 Å². The first-order chi connectivity index (χ1) is 10.1. The number of hydrogen-bond donors (Lipinski definition) is 1. The number of amides is 1. The molecule has 21 heavy (non-hydrogen) atoms. The molecule has 0 aliphatic rings. The average Bonchev–Trinajstić information content (AvgIpc) is 2.92. The Hall–Kier alpha value is -1.46. The van der Waals surface area contributed by atoms with Crippen LogP contribution in [-0.4, -0.2) is 35.1 Å². The van der Waals surface area contributed by atoms with Gasteiger partial charge >= 0.3 is 0 Å². The van der Waals surface area contributed by atoms with E-state index in [-0.39, 0.29) is 24.4 Å². The molecule has 1 aromatic carbocycles. The first-order valence-corrected chi connectivity index (χ1v) is 8.03. The van der Waals surface area contributed by atoms with Crippen molar-refractivity contribution in [1.82, 2.24) is 4.90 Å². The van der Waals surface area contributed by atoms with Crippen molar-refractivity contribution in [3.05, 3.63) is 35.0 Å². The second-order valence-electron chi connectivity index (χ2n) is 4.95. The van der Waals surface area contributed by atoms with Crippen LogP contribution in [0.3, 0.4) is 0 Å². The van der Waals surface area contributed by atoms with Gasteiger partial charge in [-0.05, 0) is 31.0 Å². The number of nitrogens with zero attached hydrogens (tertiary/aromatic N) is 1. The fourth-order valence-electron chi connectivity index (χ4n) is 2.56. The van der Waals surface area contributed by atoms with Crippen LogP contribution in [0.15, 0.2) is 24.3 Å². The highest BCUT2D eigenvalue weighted by Crippen LogP contribution is 2.29. The summed E-state index contributed by atoms with van der Waals surface area (Å²) < 4.78 is 14.5. The lowest BCUT2D eigenvalue weighted by molar-refractivity contribution is 0.0627. The largest absolute Gasteiger partial charge is 0.395 e. The van der Waals surface area contributed by atoms with Crippen molar-refractivity contribution in [3.8, 4) is 0 Å². The van der Waals surface area contributed by atoms with Crippen LogP contribution in [0.5, 0.6) is 0 Å². The van der Waals surface area contributed by atoms with Crippen LogP contribution in [0.1, 0.15) is 36.4 Å². The standard InChI is InChI=1S/C16H20FNO2S/c1-3-11(4-2)18(8-9-19)16(20)15-10-12-13(17)6-5-7-14(12)21-15/h5-7,10-11,19H,3-4,8-9H2,1-2H3. The van der Waals surface area contributed by atoms with Crippen LogP contribution in [0.2, 0.25) is 0 Å². The number of halogens is 1. The number of carbonyl (C=O) groups excluding carboxylic acids is 1. The number of thiophene rings is 1. The fourth-order valence-corrected chi connectivity index (χ4v) is 3.59. The highest BCUT2D eigenvalue weighted by Gasteiger charge is 2.23. The van der Waals surface area contributed by atoms with Gasteiger partial charge in [-0.25, -0.2) is 4.39 Å². The topological polar surface area (TPSA) is 40.5 Å². The molecular formula is C16H20FNO2S. The van der Waals surface area contributed by atoms with Crippen molar-refractivity contribution < 1.29 is 14.3 Å². The molecule has 0 unspecified atom stereocenters. The monoisotopic (exact) mass is 309 g/mol. The van der Waals surface area contributed by atoms with E-state index < -0.39 is 0 Å². The molecular weight excluding hydrogens is 289 g/mol. The molecule has 0 fully saturated rings. The minimum atomic E-state index is -0.306. The summed E-state index contributed by atoms with van der Waals surface area (Å²) in [6.45, 7) is 4.29. The molecule has 0 saturated heterocycles. The smallest absolute Gasteiger partial charge is 0.264 e. The molecule has 2 aromatic rings. The number of carbonyl (C=O) groups is 1. The Balaban J connectivity index is 2.36. The molecule has 0 aliphatic carbocycles. The molecule has 1 aromatic heterocycles. The Labute approximate surface area is 128 Å². The van der Waals surface area contributed by atoms with E-state index in [4.69, 9.17) is 0 Å². The van der Waals surface area contributed by atoms with Gasteiger partial charge in [0.05, 0.1) is 11.5 Å². The second kappa shape index (κ2) is 7.00. The molecule has 1 amide bonds. The number of benzene rings is 1. The van der Waals surface area contributed by atoms with Gasteiger partial charge in [0, 0.05) is 22.7 Å². The molecule has 1 heterocycles. The fraction of sp³-hybridized carbons (Fsp3) is 0.438. The van der Waals surface area contributed by atoms with Gasteiger partial charge in [0.1, 0.15) is 5.82 Å². The molecule has 5 heteroatoms. The molecule has 0 aliphatic heterocycles. The van der Waals surface area contributed by atoms with Gasteiger partial charge < -0.3 is 10.0 Å². The van der Waals surface area contributed by atoms with E-state index in [2.05, 4.69) is 0 Å². The van der Waals surface area contributed by atoms with E-state index in [1.165, 1.54) is 17.4 Å². The molecule has 0 radical (unpaired) electrons. The van der Waals surface area contributed by atoms with E-state index in [0.29, 0.717) is 16.8 Å². The summed E-state index contributed by atoms with van der Waals surface area (Å²) in [6.07, 6.45) is 1.67. The predicted molar refractivity (Wildman–Crippen MR) is 84.3 cm³/mol. The number of aliphatic hydroxyl groups is 1. The molecule has 1 N–H and O–H groups in total. The van der Waals surface area contributed by atoms with E-state index >= 15 is 0 Å². The zero-order valence-corrected chi connectivity index (χ0v) is 13.1. The average molecular weight is 309 g/mol. The summed E-state index contributed by atoms with van der Waals surface area (Å²) >= 11 is 1.30. The Kier molecular flexibility index (Phi) is 5.31. The Morgan fingerprint density at radius 3 is 2.67 bits per heavy atom. The Morgan fingerprint density at radius 2 is 2.10 bits per heavy atom. The number of fused-ring (bicyclic) bond motifs is 1. The first-order valence-electron chi connectivity index (χ1n) is 7.22. The number of hydrogen-bond acceptors (Lipinski definition) is 3. The predicted octanol–water partition coefficient (Wildman–Crippen LogP) is 3.66. The highest BCUT2D eigenvalue weighted by molar-refractivity contribution is 7.20. The maximum atomic E-state index is 13.7. The lowest BCUT2D eigenvalue weighted by Crippen LogP contribution is -2.41. The Bertz CT molecular complexity index is 622. The summed E-state index contributed by atoms with van der Waals surface area (Å²) in [5.41, 5.74) is 0. The van der Waals surface area contributed by atoms with Crippen molar-refractivity contribution in [2.75, 3.05) is 13.2 Å². The minimum absolute atomic E-state index is 0.0680. The SMILES string of the molecule is CCC(CC)N(CCO)C(=O)c1cc2c(F)cccc2s1. The van der Waals surface area contributed by atoms with E-state index in [0.717, 1.165) is 17.5 Å². The third-order valence-electron chi connectivity index (χ3n) is 3.70. The molecule has 0 bridgehead atoms. The zero-order chi connectivity index (χ0) is 15.4. The molecule has 0 spiro atoms. The maximum Gasteiger partial charge on any atom is 0.264 e. The molecule has 114 valence electrons. The quantitative estimate of drug-likeness (QED) is 0.884. The highest BCUT2D eigenvalue weighted by atomic mass is 32.1. The second-order valence-corrected chi connectivity index (χ2v) is 6.04. The molecule has 0 atom stereocenters. The van der Waals surface area contributed by atoms with Crippen LogP contribution in [0, 0.1) is 5.82 Å². The lowest BCUT2D eigenvalue weighted by atomic mass is 10.1. The van der Waals surface area contributed by atoms with Gasteiger partial charge in [0.25, 0.3) is 5.91 Å². The van der Waals surface area contributed by atoms with Crippen LogP contribution in [0.25, 0.3) is 10.1 Å². The summed E-state index contributed by atoms with van der Waals surface area (Å²) in [7, 11) is 0. The van der Waals surface area contributed by atoms with Crippen molar-refractivity contribution >= 4 is 27.3 Å². The third kappa shape index (κ3) is 3.24. The van der Waals surface area contributed by atoms with Crippen LogP contribution >= 0.6 is 11.3 Å². The first kappa shape index (κ1) is 15.9. The van der Waals surface area contributed by atoms with E-state index in [1.54, 1.807) is 17.0 Å². The molecule has 3 nitrogen and oxygen atoms in total. The van der Waals surface area contributed by atoms with Gasteiger partial charge in [-0.15, -0.1) is 11.3 Å². The van der Waals surface area contributed by atoms with E-state index in [9.17, 15) is 14.3 Å². The minimum Gasteiger partial charge on any atom is -0.395 e. The summed E-state index contributed by atoms with van der Waals surface area (Å²) in [4.78, 5) is 14.9. The van der Waals surface area contributed by atoms with Gasteiger partial charge in [-0.2, -0.15) is 0 Å². The van der Waals surface area contributed by atoms with Crippen LogP contribution in [0.4, 0.5) is 4.39 Å².